The fraction of sp³-hybridized carbons (Fsp3) is 0.421. The van der Waals surface area contributed by atoms with Crippen LogP contribution in [0.1, 0.15) is 29.7 Å². The van der Waals surface area contributed by atoms with Crippen molar-refractivity contribution in [1.29, 1.82) is 5.26 Å². The summed E-state index contributed by atoms with van der Waals surface area (Å²) in [5.41, 5.74) is 2.28. The Hall–Kier alpha value is -3.03. The van der Waals surface area contributed by atoms with E-state index >= 15 is 0 Å². The highest BCUT2D eigenvalue weighted by atomic mass is 32.1. The number of carbonyl (C=O) groups is 1. The topological polar surface area (TPSA) is 111 Å². The van der Waals surface area contributed by atoms with E-state index in [4.69, 9.17) is 4.74 Å². The first-order valence-corrected chi connectivity index (χ1v) is 10.3. The molecule has 4 heterocycles. The Morgan fingerprint density at radius 3 is 3.03 bits per heavy atom. The van der Waals surface area contributed by atoms with E-state index in [1.807, 2.05) is 35.9 Å². The van der Waals surface area contributed by atoms with E-state index in [1.54, 1.807) is 0 Å². The van der Waals surface area contributed by atoms with Crippen LogP contribution in [0.25, 0.3) is 10.7 Å². The molecule has 9 nitrogen and oxygen atoms in total. The lowest BCUT2D eigenvalue weighted by Gasteiger charge is -2.16. The fourth-order valence-corrected chi connectivity index (χ4v) is 4.11. The van der Waals surface area contributed by atoms with E-state index in [-0.39, 0.29) is 18.6 Å². The van der Waals surface area contributed by atoms with Crippen molar-refractivity contribution in [2.75, 3.05) is 11.9 Å². The number of aromatic nitrogens is 5. The van der Waals surface area contributed by atoms with Gasteiger partial charge >= 0.3 is 0 Å². The molecule has 0 radical (unpaired) electrons. The minimum absolute atomic E-state index is 0.0908. The van der Waals surface area contributed by atoms with Gasteiger partial charge in [-0.15, -0.1) is 21.5 Å². The molecule has 150 valence electrons. The third-order valence-corrected chi connectivity index (χ3v) is 5.95. The van der Waals surface area contributed by atoms with E-state index in [2.05, 4.69) is 26.8 Å². The van der Waals surface area contributed by atoms with Gasteiger partial charge in [-0.25, -0.2) is 0 Å². The van der Waals surface area contributed by atoms with Crippen molar-refractivity contribution >= 4 is 23.1 Å². The normalized spacial score (nSPS) is 16.1. The van der Waals surface area contributed by atoms with Crippen LogP contribution >= 0.6 is 11.3 Å². The Kier molecular flexibility index (Phi) is 5.42. The van der Waals surface area contributed by atoms with Gasteiger partial charge in [0.05, 0.1) is 23.1 Å². The predicted molar refractivity (Wildman–Crippen MR) is 107 cm³/mol. The van der Waals surface area contributed by atoms with Gasteiger partial charge < -0.3 is 14.6 Å². The molecular formula is C19H21N7O2S. The van der Waals surface area contributed by atoms with Crippen molar-refractivity contribution in [2.45, 2.75) is 45.9 Å². The molecule has 3 aromatic rings. The van der Waals surface area contributed by atoms with Crippen LogP contribution < -0.4 is 5.32 Å². The number of thiophene rings is 1. The van der Waals surface area contributed by atoms with Gasteiger partial charge in [-0.3, -0.25) is 4.79 Å². The first-order chi connectivity index (χ1) is 14.1. The fourth-order valence-electron chi connectivity index (χ4n) is 3.47. The third kappa shape index (κ3) is 3.92. The number of hydrogen-bond acceptors (Lipinski definition) is 7. The Labute approximate surface area is 171 Å². The van der Waals surface area contributed by atoms with E-state index in [0.717, 1.165) is 35.6 Å². The molecular weight excluding hydrogens is 390 g/mol. The molecule has 1 saturated heterocycles. The summed E-state index contributed by atoms with van der Waals surface area (Å²) in [5.74, 6) is 0.670. The van der Waals surface area contributed by atoms with E-state index in [9.17, 15) is 10.1 Å². The predicted octanol–water partition coefficient (Wildman–Crippen LogP) is 2.51. The van der Waals surface area contributed by atoms with Crippen LogP contribution in [-0.4, -0.2) is 43.4 Å². The minimum Gasteiger partial charge on any atom is -0.376 e. The summed E-state index contributed by atoms with van der Waals surface area (Å²) in [6, 6.07) is 6.02. The maximum absolute atomic E-state index is 12.7. The second kappa shape index (κ2) is 8.14. The van der Waals surface area contributed by atoms with Crippen molar-refractivity contribution in [2.24, 2.45) is 0 Å². The van der Waals surface area contributed by atoms with Crippen LogP contribution in [0.2, 0.25) is 0 Å². The third-order valence-electron chi connectivity index (χ3n) is 5.09. The van der Waals surface area contributed by atoms with Gasteiger partial charge in [-0.2, -0.15) is 10.1 Å². The maximum atomic E-state index is 12.7. The van der Waals surface area contributed by atoms with E-state index < -0.39 is 0 Å². The number of amides is 1. The molecule has 10 heteroatoms. The number of tetrazole rings is 1. The van der Waals surface area contributed by atoms with Gasteiger partial charge in [0.25, 0.3) is 0 Å². The summed E-state index contributed by atoms with van der Waals surface area (Å²) in [7, 11) is 0. The van der Waals surface area contributed by atoms with Crippen LogP contribution in [0.5, 0.6) is 0 Å². The van der Waals surface area contributed by atoms with Gasteiger partial charge in [0, 0.05) is 12.3 Å². The molecule has 0 bridgehead atoms. The molecule has 29 heavy (non-hydrogen) atoms. The summed E-state index contributed by atoms with van der Waals surface area (Å²) in [6.45, 7) is 5.11. The summed E-state index contributed by atoms with van der Waals surface area (Å²) in [6.07, 6.45) is 2.09. The van der Waals surface area contributed by atoms with Gasteiger partial charge in [-0.1, -0.05) is 6.07 Å². The molecule has 0 aromatic carbocycles. The van der Waals surface area contributed by atoms with Gasteiger partial charge in [0.1, 0.15) is 18.4 Å². The lowest BCUT2D eigenvalue weighted by atomic mass is 10.2. The van der Waals surface area contributed by atoms with E-state index in [1.165, 1.54) is 16.1 Å². The lowest BCUT2D eigenvalue weighted by Crippen LogP contribution is -2.24. The zero-order valence-electron chi connectivity index (χ0n) is 16.3. The summed E-state index contributed by atoms with van der Waals surface area (Å²) < 4.78 is 7.71. The summed E-state index contributed by atoms with van der Waals surface area (Å²) in [4.78, 5) is 14.8. The number of rotatable bonds is 6. The number of carbonyl (C=O) groups excluding carboxylic acids is 1. The number of nitrogens with zero attached hydrogens (tertiary/aromatic N) is 6. The Bertz CT molecular complexity index is 1060. The van der Waals surface area contributed by atoms with Gasteiger partial charge in [0.15, 0.2) is 0 Å². The number of nitriles is 1. The second-order valence-corrected chi connectivity index (χ2v) is 7.91. The van der Waals surface area contributed by atoms with Crippen molar-refractivity contribution in [3.63, 3.8) is 0 Å². The molecule has 1 aliphatic heterocycles. The zero-order valence-corrected chi connectivity index (χ0v) is 17.1. The highest BCUT2D eigenvalue weighted by Gasteiger charge is 2.24. The average Bonchev–Trinajstić information content (AvgIpc) is 3.48. The highest BCUT2D eigenvalue weighted by Crippen LogP contribution is 2.28. The molecule has 1 amide bonds. The van der Waals surface area contributed by atoms with Crippen molar-refractivity contribution in [1.82, 2.24) is 24.8 Å². The van der Waals surface area contributed by atoms with Crippen LogP contribution in [0.4, 0.5) is 5.82 Å². The number of ether oxygens (including phenoxy) is 1. The standard InChI is InChI=1S/C19H21N7O2S/c1-12-13(2)25(10-14-5-3-7-28-14)19(15(12)9-20)21-17(27)11-26-23-18(22-24-26)16-6-4-8-29-16/h4,6,8,14H,3,5,7,10-11H2,1-2H3,(H,21,27)/t14-/m0/s1. The van der Waals surface area contributed by atoms with Crippen LogP contribution in [0, 0.1) is 25.2 Å². The second-order valence-electron chi connectivity index (χ2n) is 6.96. The largest absolute Gasteiger partial charge is 0.376 e. The first kappa shape index (κ1) is 19.3. The van der Waals surface area contributed by atoms with Crippen molar-refractivity contribution in [3.8, 4) is 16.8 Å². The SMILES string of the molecule is Cc1c(C#N)c(NC(=O)Cn2nnc(-c3cccs3)n2)n(C[C@@H]2CCCO2)c1C. The van der Waals surface area contributed by atoms with Gasteiger partial charge in [-0.05, 0) is 48.9 Å². The van der Waals surface area contributed by atoms with Gasteiger partial charge in [0.2, 0.25) is 11.7 Å². The molecule has 0 spiro atoms. The Balaban J connectivity index is 1.52. The average molecular weight is 411 g/mol. The summed E-state index contributed by atoms with van der Waals surface area (Å²) >= 11 is 1.51. The molecule has 1 N–H and O–H groups in total. The van der Waals surface area contributed by atoms with Crippen LogP contribution in [0.15, 0.2) is 17.5 Å². The van der Waals surface area contributed by atoms with Crippen LogP contribution in [-0.2, 0) is 22.6 Å². The summed E-state index contributed by atoms with van der Waals surface area (Å²) in [5, 5.41) is 26.6. The number of hydrogen-bond donors (Lipinski definition) is 1. The van der Waals surface area contributed by atoms with E-state index in [0.29, 0.717) is 23.8 Å². The first-order valence-electron chi connectivity index (χ1n) is 9.39. The van der Waals surface area contributed by atoms with Crippen LogP contribution in [0.3, 0.4) is 0 Å². The molecule has 1 atom stereocenters. The maximum Gasteiger partial charge on any atom is 0.249 e. The number of anilines is 1. The monoisotopic (exact) mass is 411 g/mol. The number of nitrogens with one attached hydrogen (secondary N) is 1. The molecule has 0 unspecified atom stereocenters. The zero-order chi connectivity index (χ0) is 20.4. The molecule has 1 aliphatic rings. The molecule has 4 rings (SSSR count). The smallest absolute Gasteiger partial charge is 0.249 e. The van der Waals surface area contributed by atoms with Crippen molar-refractivity contribution < 1.29 is 9.53 Å². The highest BCUT2D eigenvalue weighted by molar-refractivity contribution is 7.13. The van der Waals surface area contributed by atoms with Crippen molar-refractivity contribution in [3.05, 3.63) is 34.3 Å². The quantitative estimate of drug-likeness (QED) is 0.667. The minimum atomic E-state index is -0.317. The Morgan fingerprint density at radius 1 is 1.48 bits per heavy atom. The molecule has 1 fully saturated rings. The Morgan fingerprint density at radius 2 is 2.34 bits per heavy atom. The molecule has 3 aromatic heterocycles. The lowest BCUT2D eigenvalue weighted by molar-refractivity contribution is -0.117. The molecule has 0 saturated carbocycles. The molecule has 0 aliphatic carbocycles.